The number of nitrogens with zero attached hydrogens (tertiary/aromatic N) is 2. The highest BCUT2D eigenvalue weighted by molar-refractivity contribution is 5.05. The number of nitrogens with two attached hydrogens (primary N) is 1. The molecule has 0 aliphatic rings. The fraction of sp³-hybridized carbons (Fsp3) is 0.667. The molecule has 1 atom stereocenters. The third kappa shape index (κ3) is 1.73. The Kier molecular flexibility index (Phi) is 3.06. The fourth-order valence-corrected chi connectivity index (χ4v) is 1.37. The first kappa shape index (κ1) is 10.2. The number of aliphatic hydroxyl groups is 1. The largest absolute Gasteiger partial charge is 0.381 e. The van der Waals surface area contributed by atoms with Gasteiger partial charge in [0.2, 0.25) is 0 Å². The van der Waals surface area contributed by atoms with Crippen molar-refractivity contribution >= 4 is 0 Å². The van der Waals surface area contributed by atoms with Gasteiger partial charge in [-0.25, -0.2) is 4.98 Å². The second-order valence-corrected chi connectivity index (χ2v) is 3.13. The molecule has 0 aliphatic heterocycles. The highest BCUT2D eigenvalue weighted by Crippen LogP contribution is 2.21. The Morgan fingerprint density at radius 3 is 2.77 bits per heavy atom. The van der Waals surface area contributed by atoms with E-state index in [0.29, 0.717) is 12.2 Å². The van der Waals surface area contributed by atoms with Gasteiger partial charge in [0.25, 0.3) is 0 Å². The summed E-state index contributed by atoms with van der Waals surface area (Å²) in [5, 5.41) is 10.1. The molecule has 0 saturated heterocycles. The van der Waals surface area contributed by atoms with Crippen LogP contribution in [0.4, 0.5) is 0 Å². The first-order valence-electron chi connectivity index (χ1n) is 4.62. The summed E-state index contributed by atoms with van der Waals surface area (Å²) in [5.41, 5.74) is 4.56. The lowest BCUT2D eigenvalue weighted by atomic mass is 10.0. The highest BCUT2D eigenvalue weighted by atomic mass is 16.3. The van der Waals surface area contributed by atoms with Gasteiger partial charge >= 0.3 is 0 Å². The van der Waals surface area contributed by atoms with Crippen LogP contribution in [0.5, 0.6) is 0 Å². The summed E-state index contributed by atoms with van der Waals surface area (Å²) in [4.78, 5) is 4.13. The Hall–Kier alpha value is -0.870. The number of aryl methyl sites for hydroxylation is 1. The smallest absolute Gasteiger partial charge is 0.142 e. The molecule has 3 N–H and O–H groups in total. The monoisotopic (exact) mass is 183 g/mol. The van der Waals surface area contributed by atoms with Crippen LogP contribution in [0.2, 0.25) is 0 Å². The number of hydrogen-bond acceptors (Lipinski definition) is 3. The van der Waals surface area contributed by atoms with Crippen molar-refractivity contribution in [2.24, 2.45) is 5.73 Å². The summed E-state index contributed by atoms with van der Waals surface area (Å²) < 4.78 is 1.91. The Balaban J connectivity index is 3.03. The summed E-state index contributed by atoms with van der Waals surface area (Å²) in [7, 11) is 0. The van der Waals surface area contributed by atoms with Gasteiger partial charge in [0.1, 0.15) is 11.4 Å². The number of imidazole rings is 1. The van der Waals surface area contributed by atoms with E-state index in [-0.39, 0.29) is 6.54 Å². The fourth-order valence-electron chi connectivity index (χ4n) is 1.37. The van der Waals surface area contributed by atoms with Crippen LogP contribution in [-0.2, 0) is 12.1 Å². The summed E-state index contributed by atoms with van der Waals surface area (Å²) in [5.74, 6) is 0.667. The second kappa shape index (κ2) is 3.89. The second-order valence-electron chi connectivity index (χ2n) is 3.13. The van der Waals surface area contributed by atoms with E-state index in [0.717, 1.165) is 6.54 Å². The van der Waals surface area contributed by atoms with Crippen molar-refractivity contribution in [2.45, 2.75) is 32.4 Å². The van der Waals surface area contributed by atoms with Crippen molar-refractivity contribution in [1.29, 1.82) is 0 Å². The molecule has 1 unspecified atom stereocenters. The van der Waals surface area contributed by atoms with Crippen LogP contribution in [0.15, 0.2) is 12.4 Å². The van der Waals surface area contributed by atoms with Gasteiger partial charge < -0.3 is 15.4 Å². The predicted molar refractivity (Wildman–Crippen MR) is 51.1 cm³/mol. The van der Waals surface area contributed by atoms with Crippen molar-refractivity contribution < 1.29 is 5.11 Å². The third-order valence-electron chi connectivity index (χ3n) is 2.39. The van der Waals surface area contributed by atoms with E-state index in [4.69, 9.17) is 5.73 Å². The minimum atomic E-state index is -0.973. The topological polar surface area (TPSA) is 64.1 Å². The van der Waals surface area contributed by atoms with Crippen LogP contribution in [0.25, 0.3) is 0 Å². The van der Waals surface area contributed by atoms with Gasteiger partial charge in [-0.05, 0) is 13.3 Å². The minimum absolute atomic E-state index is 0.209. The quantitative estimate of drug-likeness (QED) is 0.712. The molecule has 4 heteroatoms. The zero-order valence-electron chi connectivity index (χ0n) is 8.20. The molecule has 0 aromatic carbocycles. The molecule has 4 nitrogen and oxygen atoms in total. The Bertz CT molecular complexity index is 266. The first-order valence-corrected chi connectivity index (χ1v) is 4.62. The average Bonchev–Trinajstić information content (AvgIpc) is 2.65. The standard InChI is InChI=1S/C9H17N3O/c1-3-9(13,7-10)8-11-5-6-12(8)4-2/h5-6,13H,3-4,7,10H2,1-2H3. The lowest BCUT2D eigenvalue weighted by Gasteiger charge is -2.24. The molecule has 1 aromatic heterocycles. The Labute approximate surface area is 78.4 Å². The molecular formula is C9H17N3O. The SMILES string of the molecule is CCn1ccnc1C(O)(CC)CN. The van der Waals surface area contributed by atoms with E-state index in [9.17, 15) is 5.11 Å². The van der Waals surface area contributed by atoms with Gasteiger partial charge in [0, 0.05) is 25.5 Å². The summed E-state index contributed by atoms with van der Waals surface area (Å²) in [6.07, 6.45) is 4.13. The zero-order chi connectivity index (χ0) is 9.90. The molecule has 1 aromatic rings. The molecule has 1 heterocycles. The van der Waals surface area contributed by atoms with E-state index in [2.05, 4.69) is 4.98 Å². The lowest BCUT2D eigenvalue weighted by Crippen LogP contribution is -2.37. The maximum Gasteiger partial charge on any atom is 0.142 e. The van der Waals surface area contributed by atoms with Gasteiger partial charge in [0.15, 0.2) is 0 Å². The molecule has 0 saturated carbocycles. The van der Waals surface area contributed by atoms with Crippen LogP contribution in [0.1, 0.15) is 26.1 Å². The number of rotatable bonds is 4. The minimum Gasteiger partial charge on any atom is -0.381 e. The van der Waals surface area contributed by atoms with Crippen LogP contribution in [0, 0.1) is 0 Å². The molecular weight excluding hydrogens is 166 g/mol. The van der Waals surface area contributed by atoms with Crippen molar-refractivity contribution in [3.63, 3.8) is 0 Å². The first-order chi connectivity index (χ1) is 6.18. The molecule has 0 aliphatic carbocycles. The molecule has 13 heavy (non-hydrogen) atoms. The van der Waals surface area contributed by atoms with Crippen molar-refractivity contribution in [2.75, 3.05) is 6.54 Å². The number of hydrogen-bond donors (Lipinski definition) is 2. The van der Waals surface area contributed by atoms with Gasteiger partial charge in [-0.2, -0.15) is 0 Å². The summed E-state index contributed by atoms with van der Waals surface area (Å²) in [6, 6.07) is 0. The highest BCUT2D eigenvalue weighted by Gasteiger charge is 2.29. The van der Waals surface area contributed by atoms with Gasteiger partial charge in [-0.1, -0.05) is 6.92 Å². The summed E-state index contributed by atoms with van der Waals surface area (Å²) >= 11 is 0. The van der Waals surface area contributed by atoms with Gasteiger partial charge in [-0.3, -0.25) is 0 Å². The van der Waals surface area contributed by atoms with E-state index in [1.807, 2.05) is 24.6 Å². The van der Waals surface area contributed by atoms with E-state index in [1.165, 1.54) is 0 Å². The molecule has 0 radical (unpaired) electrons. The maximum absolute atomic E-state index is 10.1. The predicted octanol–water partition coefficient (Wildman–Crippen LogP) is 0.459. The van der Waals surface area contributed by atoms with Gasteiger partial charge in [-0.15, -0.1) is 0 Å². The van der Waals surface area contributed by atoms with Crippen LogP contribution >= 0.6 is 0 Å². The Morgan fingerprint density at radius 2 is 2.31 bits per heavy atom. The molecule has 1 rings (SSSR count). The van der Waals surface area contributed by atoms with E-state index >= 15 is 0 Å². The Morgan fingerprint density at radius 1 is 1.62 bits per heavy atom. The molecule has 0 bridgehead atoms. The summed E-state index contributed by atoms with van der Waals surface area (Å²) in [6.45, 7) is 4.93. The zero-order valence-corrected chi connectivity index (χ0v) is 8.20. The van der Waals surface area contributed by atoms with Gasteiger partial charge in [0.05, 0.1) is 0 Å². The molecule has 74 valence electrons. The molecule has 0 fully saturated rings. The van der Waals surface area contributed by atoms with Crippen LogP contribution in [-0.4, -0.2) is 21.2 Å². The van der Waals surface area contributed by atoms with Crippen LogP contribution in [0.3, 0.4) is 0 Å². The third-order valence-corrected chi connectivity index (χ3v) is 2.39. The van der Waals surface area contributed by atoms with Crippen molar-refractivity contribution in [1.82, 2.24) is 9.55 Å². The number of aromatic nitrogens is 2. The van der Waals surface area contributed by atoms with Crippen molar-refractivity contribution in [3.05, 3.63) is 18.2 Å². The average molecular weight is 183 g/mol. The van der Waals surface area contributed by atoms with Crippen LogP contribution < -0.4 is 5.73 Å². The maximum atomic E-state index is 10.1. The normalized spacial score (nSPS) is 15.7. The van der Waals surface area contributed by atoms with E-state index in [1.54, 1.807) is 6.20 Å². The molecule has 0 spiro atoms. The molecule has 0 amide bonds. The lowest BCUT2D eigenvalue weighted by molar-refractivity contribution is 0.0292. The van der Waals surface area contributed by atoms with Crippen molar-refractivity contribution in [3.8, 4) is 0 Å². The van der Waals surface area contributed by atoms with E-state index < -0.39 is 5.60 Å².